The molecule has 1 aromatic heterocycles. The predicted molar refractivity (Wildman–Crippen MR) is 111 cm³/mol. The van der Waals surface area contributed by atoms with Crippen LogP contribution in [0.4, 0.5) is 19.0 Å². The molecule has 10 heteroatoms. The highest BCUT2D eigenvalue weighted by molar-refractivity contribution is 5.79. The standard InChI is InChI=1S/C20H32F3N5O2/c1-2-24-19(27-11-5-12-29-15-17-6-3-13-30-17)26-10-4-9-25-18-8-7-16(14-28-18)20(21,22)23/h7-8,14,17H,2-6,9-13,15H2,1H3,(H,25,28)(H2,24,26,27). The zero-order chi connectivity index (χ0) is 21.7. The first-order valence-corrected chi connectivity index (χ1v) is 10.5. The summed E-state index contributed by atoms with van der Waals surface area (Å²) in [4.78, 5) is 8.28. The highest BCUT2D eigenvalue weighted by atomic mass is 19.4. The van der Waals surface area contributed by atoms with Gasteiger partial charge in [0.1, 0.15) is 5.82 Å². The minimum absolute atomic E-state index is 0.253. The average molecular weight is 432 g/mol. The van der Waals surface area contributed by atoms with Crippen LogP contribution < -0.4 is 16.0 Å². The number of nitrogens with one attached hydrogen (secondary N) is 3. The molecule has 2 rings (SSSR count). The molecule has 7 nitrogen and oxygen atoms in total. The van der Waals surface area contributed by atoms with Crippen molar-refractivity contribution in [3.8, 4) is 0 Å². The Bertz CT molecular complexity index is 620. The van der Waals surface area contributed by atoms with Crippen molar-refractivity contribution in [3.05, 3.63) is 23.9 Å². The molecular weight excluding hydrogens is 399 g/mol. The summed E-state index contributed by atoms with van der Waals surface area (Å²) in [6, 6.07) is 2.35. The number of aliphatic imine (C=N–C) groups is 1. The number of guanidine groups is 1. The quantitative estimate of drug-likeness (QED) is 0.268. The fraction of sp³-hybridized carbons (Fsp3) is 0.700. The van der Waals surface area contributed by atoms with Gasteiger partial charge in [0.25, 0.3) is 0 Å². The van der Waals surface area contributed by atoms with Gasteiger partial charge in [0.2, 0.25) is 0 Å². The van der Waals surface area contributed by atoms with E-state index in [1.165, 1.54) is 6.07 Å². The van der Waals surface area contributed by atoms with E-state index in [1.54, 1.807) is 0 Å². The van der Waals surface area contributed by atoms with Gasteiger partial charge in [-0.2, -0.15) is 13.2 Å². The molecule has 170 valence electrons. The molecule has 1 unspecified atom stereocenters. The largest absolute Gasteiger partial charge is 0.417 e. The average Bonchev–Trinajstić information content (AvgIpc) is 3.23. The Hall–Kier alpha value is -2.07. The number of halogens is 3. The van der Waals surface area contributed by atoms with Crippen LogP contribution in [0, 0.1) is 0 Å². The van der Waals surface area contributed by atoms with Gasteiger partial charge in [-0.25, -0.2) is 4.98 Å². The van der Waals surface area contributed by atoms with Gasteiger partial charge in [0.15, 0.2) is 5.96 Å². The van der Waals surface area contributed by atoms with Crippen LogP contribution in [0.2, 0.25) is 0 Å². The number of anilines is 1. The summed E-state index contributed by atoms with van der Waals surface area (Å²) in [5, 5.41) is 9.46. The van der Waals surface area contributed by atoms with Gasteiger partial charge >= 0.3 is 6.18 Å². The molecule has 0 aromatic carbocycles. The summed E-state index contributed by atoms with van der Waals surface area (Å²) in [6.45, 7) is 6.84. The van der Waals surface area contributed by atoms with Crippen LogP contribution in [0.25, 0.3) is 0 Å². The van der Waals surface area contributed by atoms with Crippen LogP contribution >= 0.6 is 0 Å². The molecule has 0 radical (unpaired) electrons. The van der Waals surface area contributed by atoms with Crippen molar-refractivity contribution in [2.75, 3.05) is 51.3 Å². The number of ether oxygens (including phenoxy) is 2. The first-order valence-electron chi connectivity index (χ1n) is 10.5. The SMILES string of the molecule is CCNC(=NCCCNc1ccc(C(F)(F)F)cn1)NCCCOCC1CCCO1. The molecule has 1 aromatic rings. The van der Waals surface area contributed by atoms with Gasteiger partial charge in [-0.05, 0) is 44.7 Å². The van der Waals surface area contributed by atoms with Crippen LogP contribution in [0.15, 0.2) is 23.3 Å². The van der Waals surface area contributed by atoms with E-state index in [2.05, 4.69) is 25.9 Å². The van der Waals surface area contributed by atoms with Crippen molar-refractivity contribution in [3.63, 3.8) is 0 Å². The van der Waals surface area contributed by atoms with Crippen LogP contribution in [0.1, 0.15) is 38.2 Å². The van der Waals surface area contributed by atoms with Gasteiger partial charge in [-0.15, -0.1) is 0 Å². The van der Waals surface area contributed by atoms with E-state index in [-0.39, 0.29) is 6.10 Å². The van der Waals surface area contributed by atoms with Crippen LogP contribution in [0.5, 0.6) is 0 Å². The molecule has 0 saturated carbocycles. The number of rotatable bonds is 12. The fourth-order valence-electron chi connectivity index (χ4n) is 2.87. The number of alkyl halides is 3. The summed E-state index contributed by atoms with van der Waals surface area (Å²) in [5.41, 5.74) is -0.753. The van der Waals surface area contributed by atoms with Crippen LogP contribution in [0.3, 0.4) is 0 Å². The molecule has 1 aliphatic heterocycles. The second-order valence-electron chi connectivity index (χ2n) is 6.96. The van der Waals surface area contributed by atoms with E-state index < -0.39 is 11.7 Å². The van der Waals surface area contributed by atoms with Crippen molar-refractivity contribution in [2.24, 2.45) is 4.99 Å². The van der Waals surface area contributed by atoms with Crippen molar-refractivity contribution < 1.29 is 22.6 Å². The minimum atomic E-state index is -4.37. The summed E-state index contributed by atoms with van der Waals surface area (Å²) in [7, 11) is 0. The zero-order valence-electron chi connectivity index (χ0n) is 17.4. The maximum atomic E-state index is 12.5. The molecule has 2 heterocycles. The highest BCUT2D eigenvalue weighted by Crippen LogP contribution is 2.28. The number of hydrogen-bond acceptors (Lipinski definition) is 5. The maximum absolute atomic E-state index is 12.5. The van der Waals surface area contributed by atoms with Gasteiger partial charge in [0.05, 0.1) is 18.3 Å². The Morgan fingerprint density at radius 2 is 2.13 bits per heavy atom. The fourth-order valence-corrected chi connectivity index (χ4v) is 2.87. The molecule has 1 atom stereocenters. The third-order valence-corrected chi connectivity index (χ3v) is 4.43. The first-order chi connectivity index (χ1) is 14.5. The molecule has 1 saturated heterocycles. The second-order valence-corrected chi connectivity index (χ2v) is 6.96. The smallest absolute Gasteiger partial charge is 0.379 e. The van der Waals surface area contributed by atoms with Gasteiger partial charge < -0.3 is 25.4 Å². The van der Waals surface area contributed by atoms with E-state index >= 15 is 0 Å². The molecule has 0 spiro atoms. The van der Waals surface area contributed by atoms with Gasteiger partial charge in [0, 0.05) is 45.6 Å². The minimum Gasteiger partial charge on any atom is -0.379 e. The Morgan fingerprint density at radius 1 is 1.27 bits per heavy atom. The Labute approximate surface area is 175 Å². The number of nitrogens with zero attached hydrogens (tertiary/aromatic N) is 2. The van der Waals surface area contributed by atoms with E-state index in [4.69, 9.17) is 9.47 Å². The van der Waals surface area contributed by atoms with E-state index in [1.807, 2.05) is 6.92 Å². The molecular formula is C20H32F3N5O2. The molecule has 3 N–H and O–H groups in total. The Morgan fingerprint density at radius 3 is 2.80 bits per heavy atom. The third-order valence-electron chi connectivity index (χ3n) is 4.43. The summed E-state index contributed by atoms with van der Waals surface area (Å²) in [5.74, 6) is 1.16. The topological polar surface area (TPSA) is 79.8 Å². The summed E-state index contributed by atoms with van der Waals surface area (Å²) >= 11 is 0. The molecule has 30 heavy (non-hydrogen) atoms. The third kappa shape index (κ3) is 9.62. The first kappa shape index (κ1) is 24.2. The predicted octanol–water partition coefficient (Wildman–Crippen LogP) is 3.04. The highest BCUT2D eigenvalue weighted by Gasteiger charge is 2.30. The maximum Gasteiger partial charge on any atom is 0.417 e. The van der Waals surface area contributed by atoms with E-state index in [0.717, 1.165) is 63.6 Å². The van der Waals surface area contributed by atoms with Crippen molar-refractivity contribution >= 4 is 11.8 Å². The number of aromatic nitrogens is 1. The van der Waals surface area contributed by atoms with E-state index in [9.17, 15) is 13.2 Å². The lowest BCUT2D eigenvalue weighted by atomic mass is 10.2. The molecule has 1 fully saturated rings. The van der Waals surface area contributed by atoms with Gasteiger partial charge in [-0.1, -0.05) is 0 Å². The number of pyridine rings is 1. The van der Waals surface area contributed by atoms with Crippen molar-refractivity contribution in [1.82, 2.24) is 15.6 Å². The van der Waals surface area contributed by atoms with Crippen molar-refractivity contribution in [1.29, 1.82) is 0 Å². The molecule has 0 amide bonds. The Kier molecular flexibility index (Phi) is 10.7. The summed E-state index contributed by atoms with van der Waals surface area (Å²) in [6.07, 6.45) is 0.517. The van der Waals surface area contributed by atoms with Crippen LogP contribution in [-0.2, 0) is 15.7 Å². The number of hydrogen-bond donors (Lipinski definition) is 3. The van der Waals surface area contributed by atoms with Crippen molar-refractivity contribution in [2.45, 2.75) is 44.9 Å². The van der Waals surface area contributed by atoms with E-state index in [0.29, 0.717) is 32.1 Å². The molecule has 0 aliphatic carbocycles. The monoisotopic (exact) mass is 431 g/mol. The Balaban J connectivity index is 1.57. The molecule has 1 aliphatic rings. The molecule has 0 bridgehead atoms. The van der Waals surface area contributed by atoms with Crippen LogP contribution in [-0.4, -0.2) is 63.0 Å². The zero-order valence-corrected chi connectivity index (χ0v) is 17.4. The summed E-state index contributed by atoms with van der Waals surface area (Å²) < 4.78 is 48.7. The lowest BCUT2D eigenvalue weighted by molar-refractivity contribution is -0.137. The lowest BCUT2D eigenvalue weighted by Gasteiger charge is -2.13. The van der Waals surface area contributed by atoms with Gasteiger partial charge in [-0.3, -0.25) is 4.99 Å². The normalized spacial score (nSPS) is 17.2. The lowest BCUT2D eigenvalue weighted by Crippen LogP contribution is -2.38. The second kappa shape index (κ2) is 13.3.